The van der Waals surface area contributed by atoms with Crippen LogP contribution in [0, 0.1) is 0 Å². The Morgan fingerprint density at radius 2 is 1.41 bits per heavy atom. The highest BCUT2D eigenvalue weighted by Gasteiger charge is 1.96. The van der Waals surface area contributed by atoms with Crippen molar-refractivity contribution in [3.8, 4) is 0 Å². The molecule has 1 heterocycles. The number of nitrogens with zero attached hydrogens (tertiary/aromatic N) is 3. The van der Waals surface area contributed by atoms with E-state index in [1.165, 1.54) is 39.2 Å². The number of aromatic nitrogens is 3. The van der Waals surface area contributed by atoms with Gasteiger partial charge in [-0.15, -0.1) is 5.10 Å². The molecule has 22 heavy (non-hydrogen) atoms. The molecule has 0 amide bonds. The highest BCUT2D eigenvalue weighted by atomic mass is 15.4. The van der Waals surface area contributed by atoms with Crippen LogP contribution in [0.4, 0.5) is 0 Å². The minimum atomic E-state index is 0.981. The summed E-state index contributed by atoms with van der Waals surface area (Å²) in [5.41, 5.74) is 5.59. The lowest BCUT2D eigenvalue weighted by atomic mass is 10.2. The zero-order chi connectivity index (χ0) is 18.2. The Bertz CT molecular complexity index is 247. The van der Waals surface area contributed by atoms with E-state index in [2.05, 4.69) is 43.7 Å². The SMILES string of the molecule is CC.CC.CCC.CCCCCCn1cc(CC)nn1.CN. The molecule has 1 aromatic heterocycles. The van der Waals surface area contributed by atoms with Gasteiger partial charge in [-0.3, -0.25) is 4.68 Å². The Hall–Kier alpha value is -0.900. The van der Waals surface area contributed by atoms with Crippen LogP contribution in [0.3, 0.4) is 0 Å². The van der Waals surface area contributed by atoms with Gasteiger partial charge in [0.15, 0.2) is 0 Å². The number of hydrogen-bond donors (Lipinski definition) is 1. The van der Waals surface area contributed by atoms with Gasteiger partial charge in [0.2, 0.25) is 0 Å². The van der Waals surface area contributed by atoms with Crippen molar-refractivity contribution in [2.45, 2.75) is 100 Å². The maximum absolute atomic E-state index is 4.50. The highest BCUT2D eigenvalue weighted by Crippen LogP contribution is 2.01. The molecule has 1 rings (SSSR count). The van der Waals surface area contributed by atoms with E-state index in [-0.39, 0.29) is 0 Å². The predicted octanol–water partition coefficient (Wildman–Crippen LogP) is 5.46. The van der Waals surface area contributed by atoms with Crippen molar-refractivity contribution in [2.75, 3.05) is 7.05 Å². The Morgan fingerprint density at radius 3 is 1.77 bits per heavy atom. The third-order valence-corrected chi connectivity index (χ3v) is 2.19. The zero-order valence-corrected chi connectivity index (χ0v) is 16.9. The smallest absolute Gasteiger partial charge is 0.0824 e. The van der Waals surface area contributed by atoms with E-state index in [4.69, 9.17) is 0 Å². The maximum Gasteiger partial charge on any atom is 0.0824 e. The largest absolute Gasteiger partial charge is 0.333 e. The second-order valence-electron chi connectivity index (χ2n) is 4.09. The summed E-state index contributed by atoms with van der Waals surface area (Å²) in [5, 5.41) is 8.10. The Morgan fingerprint density at radius 1 is 0.909 bits per heavy atom. The normalized spacial score (nSPS) is 7.91. The molecule has 0 unspecified atom stereocenters. The molecule has 0 aromatic carbocycles. The number of unbranched alkanes of at least 4 members (excludes halogenated alkanes) is 3. The van der Waals surface area contributed by atoms with Crippen molar-refractivity contribution < 1.29 is 0 Å². The first-order valence-corrected chi connectivity index (χ1v) is 9.25. The first kappa shape index (κ1) is 29.2. The molecule has 4 heteroatoms. The van der Waals surface area contributed by atoms with Crippen LogP contribution in [0.1, 0.15) is 93.2 Å². The topological polar surface area (TPSA) is 56.7 Å². The van der Waals surface area contributed by atoms with Crippen LogP contribution in [-0.2, 0) is 13.0 Å². The fourth-order valence-corrected chi connectivity index (χ4v) is 1.31. The molecule has 0 spiro atoms. The molecule has 0 aliphatic heterocycles. The van der Waals surface area contributed by atoms with Crippen molar-refractivity contribution in [3.05, 3.63) is 11.9 Å². The second kappa shape index (κ2) is 32.2. The summed E-state index contributed by atoms with van der Waals surface area (Å²) in [6, 6.07) is 0. The third-order valence-electron chi connectivity index (χ3n) is 2.19. The maximum atomic E-state index is 4.50. The first-order valence-electron chi connectivity index (χ1n) is 9.25. The Balaban J connectivity index is -0.000000153. The predicted molar refractivity (Wildman–Crippen MR) is 102 cm³/mol. The van der Waals surface area contributed by atoms with Gasteiger partial charge in [-0.2, -0.15) is 0 Å². The molecule has 136 valence electrons. The summed E-state index contributed by atoms with van der Waals surface area (Å²) in [6.07, 6.45) is 9.42. The zero-order valence-electron chi connectivity index (χ0n) is 16.9. The summed E-state index contributed by atoms with van der Waals surface area (Å²) in [6.45, 7) is 17.6. The van der Waals surface area contributed by atoms with E-state index in [0.717, 1.165) is 18.7 Å². The van der Waals surface area contributed by atoms with Gasteiger partial charge in [0, 0.05) is 12.7 Å². The van der Waals surface area contributed by atoms with Crippen LogP contribution in [0.25, 0.3) is 0 Å². The highest BCUT2D eigenvalue weighted by molar-refractivity contribution is 4.90. The lowest BCUT2D eigenvalue weighted by Gasteiger charge is -1.98. The van der Waals surface area contributed by atoms with Gasteiger partial charge in [0.25, 0.3) is 0 Å². The fraction of sp³-hybridized carbons (Fsp3) is 0.889. The van der Waals surface area contributed by atoms with Gasteiger partial charge in [-0.1, -0.05) is 86.3 Å². The van der Waals surface area contributed by atoms with Crippen LogP contribution in [-0.4, -0.2) is 22.0 Å². The summed E-state index contributed by atoms with van der Waals surface area (Å²) >= 11 is 0. The lowest BCUT2D eigenvalue weighted by Crippen LogP contribution is -1.98. The van der Waals surface area contributed by atoms with Crippen LogP contribution >= 0.6 is 0 Å². The van der Waals surface area contributed by atoms with E-state index in [0.29, 0.717) is 0 Å². The molecule has 0 saturated carbocycles. The van der Waals surface area contributed by atoms with Gasteiger partial charge in [0.1, 0.15) is 0 Å². The van der Waals surface area contributed by atoms with Crippen molar-refractivity contribution in [3.63, 3.8) is 0 Å². The van der Waals surface area contributed by atoms with Crippen LogP contribution < -0.4 is 5.73 Å². The fourth-order valence-electron chi connectivity index (χ4n) is 1.31. The summed E-state index contributed by atoms with van der Waals surface area (Å²) in [5.74, 6) is 0. The van der Waals surface area contributed by atoms with E-state index in [1.54, 1.807) is 0 Å². The molecule has 1 aromatic rings. The molecule has 0 saturated heterocycles. The quantitative estimate of drug-likeness (QED) is 0.708. The number of nitrogens with two attached hydrogens (primary N) is 1. The van der Waals surface area contributed by atoms with Gasteiger partial charge in [0.05, 0.1) is 5.69 Å². The molecular formula is C18H44N4. The van der Waals surface area contributed by atoms with Gasteiger partial charge in [-0.05, 0) is 19.9 Å². The molecule has 0 radical (unpaired) electrons. The summed E-state index contributed by atoms with van der Waals surface area (Å²) < 4.78 is 1.95. The monoisotopic (exact) mass is 316 g/mol. The minimum Gasteiger partial charge on any atom is -0.333 e. The Kier molecular flexibility index (Phi) is 42.6. The standard InChI is InChI=1S/C10H19N3.C3H8.2C2H6.CH5N/c1-3-5-6-7-8-13-9-10(4-2)11-12-13;1-3-2;3*1-2/h9H,3-8H2,1-2H3;3H2,1-2H3;2*1-2H3;2H2,1H3. The Labute approximate surface area is 140 Å². The molecule has 2 N–H and O–H groups in total. The van der Waals surface area contributed by atoms with Crippen LogP contribution in [0.2, 0.25) is 0 Å². The average Bonchev–Trinajstić information content (AvgIpc) is 3.06. The number of hydrogen-bond acceptors (Lipinski definition) is 3. The van der Waals surface area contributed by atoms with Crippen molar-refractivity contribution in [1.82, 2.24) is 15.0 Å². The second-order valence-corrected chi connectivity index (χ2v) is 4.09. The summed E-state index contributed by atoms with van der Waals surface area (Å²) in [4.78, 5) is 0. The van der Waals surface area contributed by atoms with Crippen LogP contribution in [0.5, 0.6) is 0 Å². The van der Waals surface area contributed by atoms with E-state index >= 15 is 0 Å². The van der Waals surface area contributed by atoms with Gasteiger partial charge < -0.3 is 5.73 Å². The van der Waals surface area contributed by atoms with Gasteiger partial charge in [-0.25, -0.2) is 0 Å². The van der Waals surface area contributed by atoms with Crippen molar-refractivity contribution in [1.29, 1.82) is 0 Å². The van der Waals surface area contributed by atoms with E-state index in [1.807, 2.05) is 38.6 Å². The van der Waals surface area contributed by atoms with Gasteiger partial charge >= 0.3 is 0 Å². The van der Waals surface area contributed by atoms with Crippen molar-refractivity contribution >= 4 is 0 Å². The lowest BCUT2D eigenvalue weighted by molar-refractivity contribution is 0.527. The molecule has 0 aliphatic carbocycles. The third kappa shape index (κ3) is 24.1. The summed E-state index contributed by atoms with van der Waals surface area (Å²) in [7, 11) is 1.50. The number of aryl methyl sites for hydroxylation is 2. The first-order chi connectivity index (χ1) is 10.8. The molecule has 0 atom stereocenters. The molecular weight excluding hydrogens is 272 g/mol. The van der Waals surface area contributed by atoms with E-state index < -0.39 is 0 Å². The van der Waals surface area contributed by atoms with Crippen molar-refractivity contribution in [2.24, 2.45) is 5.73 Å². The van der Waals surface area contributed by atoms with Crippen LogP contribution in [0.15, 0.2) is 6.20 Å². The molecule has 0 aliphatic rings. The number of rotatable bonds is 6. The molecule has 4 nitrogen and oxygen atoms in total. The van der Waals surface area contributed by atoms with E-state index in [9.17, 15) is 0 Å². The average molecular weight is 317 g/mol. The molecule has 0 fully saturated rings. The minimum absolute atomic E-state index is 0.981. The molecule has 0 bridgehead atoms.